The van der Waals surface area contributed by atoms with Gasteiger partial charge < -0.3 is 9.84 Å². The maximum absolute atomic E-state index is 10.7. The average molecular weight is 273 g/mol. The minimum Gasteiger partial charge on any atom is -0.489 e. The Hall–Kier alpha value is -2.89. The second-order valence-electron chi connectivity index (χ2n) is 4.04. The highest BCUT2D eigenvalue weighted by Crippen LogP contribution is 2.18. The number of carboxylic acid groups (broad SMARTS) is 1. The zero-order valence-electron chi connectivity index (χ0n) is 10.4. The molecule has 2 aromatic carbocycles. The molecule has 0 aliphatic carbocycles. The predicted octanol–water partition coefficient (Wildman–Crippen LogP) is 2.87. The van der Waals surface area contributed by atoms with Gasteiger partial charge in [-0.2, -0.15) is 0 Å². The summed E-state index contributed by atoms with van der Waals surface area (Å²) in [5, 5.41) is 19.3. The SMILES string of the molecule is O=C(O)c1ccc(COc2ccc([N+](=O)[O-])cc2)cc1. The molecule has 6 nitrogen and oxygen atoms in total. The molecule has 0 saturated heterocycles. The third kappa shape index (κ3) is 3.32. The van der Waals surface area contributed by atoms with Crippen LogP contribution < -0.4 is 4.74 Å². The van der Waals surface area contributed by atoms with Crippen molar-refractivity contribution in [2.24, 2.45) is 0 Å². The van der Waals surface area contributed by atoms with E-state index in [2.05, 4.69) is 0 Å². The van der Waals surface area contributed by atoms with Crippen molar-refractivity contribution in [1.29, 1.82) is 0 Å². The summed E-state index contributed by atoms with van der Waals surface area (Å²) in [4.78, 5) is 20.7. The van der Waals surface area contributed by atoms with Crippen LogP contribution in [0.4, 0.5) is 5.69 Å². The van der Waals surface area contributed by atoms with E-state index < -0.39 is 10.9 Å². The number of nitro groups is 1. The van der Waals surface area contributed by atoms with Gasteiger partial charge >= 0.3 is 5.97 Å². The fourth-order valence-corrected chi connectivity index (χ4v) is 1.57. The van der Waals surface area contributed by atoms with Crippen LogP contribution in [0.1, 0.15) is 15.9 Å². The van der Waals surface area contributed by atoms with Crippen molar-refractivity contribution in [2.75, 3.05) is 0 Å². The number of non-ortho nitro benzene ring substituents is 1. The number of carbonyl (C=O) groups is 1. The van der Waals surface area contributed by atoms with Gasteiger partial charge in [-0.15, -0.1) is 0 Å². The summed E-state index contributed by atoms with van der Waals surface area (Å²) < 4.78 is 5.46. The van der Waals surface area contributed by atoms with Crippen molar-refractivity contribution in [3.05, 3.63) is 69.8 Å². The monoisotopic (exact) mass is 273 g/mol. The molecule has 6 heteroatoms. The van der Waals surface area contributed by atoms with Crippen molar-refractivity contribution < 1.29 is 19.6 Å². The summed E-state index contributed by atoms with van der Waals surface area (Å²) >= 11 is 0. The Balaban J connectivity index is 1.97. The summed E-state index contributed by atoms with van der Waals surface area (Å²) in [5.74, 6) is -0.467. The van der Waals surface area contributed by atoms with E-state index in [0.29, 0.717) is 5.75 Å². The molecule has 1 N–H and O–H groups in total. The van der Waals surface area contributed by atoms with E-state index in [1.54, 1.807) is 12.1 Å². The maximum atomic E-state index is 10.7. The number of carboxylic acids is 1. The van der Waals surface area contributed by atoms with E-state index >= 15 is 0 Å². The minimum atomic E-state index is -0.979. The first kappa shape index (κ1) is 13.5. The lowest BCUT2D eigenvalue weighted by Gasteiger charge is -2.06. The van der Waals surface area contributed by atoms with Gasteiger partial charge in [-0.25, -0.2) is 4.79 Å². The largest absolute Gasteiger partial charge is 0.489 e. The van der Waals surface area contributed by atoms with E-state index in [0.717, 1.165) is 5.56 Å². The van der Waals surface area contributed by atoms with Gasteiger partial charge in [-0.3, -0.25) is 10.1 Å². The molecule has 0 aromatic heterocycles. The molecule has 0 radical (unpaired) electrons. The van der Waals surface area contributed by atoms with Crippen molar-refractivity contribution >= 4 is 11.7 Å². The Labute approximate surface area is 114 Å². The summed E-state index contributed by atoms with van der Waals surface area (Å²) in [6.07, 6.45) is 0. The Bertz CT molecular complexity index is 562. The van der Waals surface area contributed by atoms with Gasteiger partial charge in [0.15, 0.2) is 0 Å². The number of hydrogen-bond donors (Lipinski definition) is 1. The van der Waals surface area contributed by atoms with E-state index in [1.807, 2.05) is 0 Å². The predicted molar refractivity (Wildman–Crippen MR) is 70.8 cm³/mol. The van der Waals surface area contributed by atoms with Gasteiger partial charge in [0.1, 0.15) is 12.4 Å². The first-order valence-electron chi connectivity index (χ1n) is 5.76. The van der Waals surface area contributed by atoms with Crippen LogP contribution in [-0.2, 0) is 6.61 Å². The molecule has 0 unspecified atom stereocenters. The van der Waals surface area contributed by atoms with Gasteiger partial charge in [0.05, 0.1) is 10.5 Å². The lowest BCUT2D eigenvalue weighted by atomic mass is 10.1. The highest BCUT2D eigenvalue weighted by molar-refractivity contribution is 5.87. The van der Waals surface area contributed by atoms with Crippen LogP contribution in [0.15, 0.2) is 48.5 Å². The number of aromatic carboxylic acids is 1. The number of rotatable bonds is 5. The van der Waals surface area contributed by atoms with Crippen LogP contribution in [0.25, 0.3) is 0 Å². The summed E-state index contributed by atoms with van der Waals surface area (Å²) in [6.45, 7) is 0.262. The quantitative estimate of drug-likeness (QED) is 0.668. The highest BCUT2D eigenvalue weighted by Gasteiger charge is 2.05. The van der Waals surface area contributed by atoms with Crippen LogP contribution in [0.3, 0.4) is 0 Å². The van der Waals surface area contributed by atoms with Gasteiger partial charge in [-0.05, 0) is 29.8 Å². The lowest BCUT2D eigenvalue weighted by Crippen LogP contribution is -1.99. The van der Waals surface area contributed by atoms with Crippen LogP contribution >= 0.6 is 0 Å². The zero-order chi connectivity index (χ0) is 14.5. The smallest absolute Gasteiger partial charge is 0.335 e. The van der Waals surface area contributed by atoms with Crippen LogP contribution in [0.2, 0.25) is 0 Å². The van der Waals surface area contributed by atoms with E-state index in [1.165, 1.54) is 36.4 Å². The Morgan fingerprint density at radius 1 is 1.10 bits per heavy atom. The molecule has 0 bridgehead atoms. The summed E-state index contributed by atoms with van der Waals surface area (Å²) in [5.41, 5.74) is 1.03. The molecule has 2 rings (SSSR count). The van der Waals surface area contributed by atoms with Crippen LogP contribution in [0.5, 0.6) is 5.75 Å². The Morgan fingerprint density at radius 3 is 2.20 bits per heavy atom. The number of nitrogens with zero attached hydrogens (tertiary/aromatic N) is 1. The molecule has 20 heavy (non-hydrogen) atoms. The molecule has 0 spiro atoms. The molecule has 0 aliphatic heterocycles. The second kappa shape index (κ2) is 5.83. The first-order valence-corrected chi connectivity index (χ1v) is 5.76. The molecule has 0 fully saturated rings. The van der Waals surface area contributed by atoms with Gasteiger partial charge in [0.2, 0.25) is 0 Å². The van der Waals surface area contributed by atoms with Gasteiger partial charge in [0, 0.05) is 12.1 Å². The third-order valence-electron chi connectivity index (χ3n) is 2.65. The molecule has 102 valence electrons. The number of benzene rings is 2. The summed E-state index contributed by atoms with van der Waals surface area (Å²) in [7, 11) is 0. The van der Waals surface area contributed by atoms with Gasteiger partial charge in [-0.1, -0.05) is 12.1 Å². The van der Waals surface area contributed by atoms with Crippen molar-refractivity contribution in [1.82, 2.24) is 0 Å². The first-order chi connectivity index (χ1) is 9.56. The molecular weight excluding hydrogens is 262 g/mol. The normalized spacial score (nSPS) is 10.0. The highest BCUT2D eigenvalue weighted by atomic mass is 16.6. The molecule has 0 saturated carbocycles. The molecular formula is C14H11NO5. The topological polar surface area (TPSA) is 89.7 Å². The number of nitro benzene ring substituents is 1. The Kier molecular flexibility index (Phi) is 3.95. The second-order valence-corrected chi connectivity index (χ2v) is 4.04. The minimum absolute atomic E-state index is 0.00293. The fourth-order valence-electron chi connectivity index (χ4n) is 1.57. The maximum Gasteiger partial charge on any atom is 0.335 e. The molecule has 0 atom stereocenters. The van der Waals surface area contributed by atoms with Gasteiger partial charge in [0.25, 0.3) is 5.69 Å². The van der Waals surface area contributed by atoms with E-state index in [4.69, 9.17) is 9.84 Å². The molecule has 0 amide bonds. The number of hydrogen-bond acceptors (Lipinski definition) is 4. The number of ether oxygens (including phenoxy) is 1. The molecule has 0 aliphatic rings. The lowest BCUT2D eigenvalue weighted by molar-refractivity contribution is -0.384. The standard InChI is InChI=1S/C14H11NO5/c16-14(17)11-3-1-10(2-4-11)9-20-13-7-5-12(6-8-13)15(18)19/h1-8H,9H2,(H,16,17). The van der Waals surface area contributed by atoms with Crippen LogP contribution in [0, 0.1) is 10.1 Å². The average Bonchev–Trinajstić information content (AvgIpc) is 2.46. The van der Waals surface area contributed by atoms with E-state index in [-0.39, 0.29) is 17.9 Å². The van der Waals surface area contributed by atoms with Crippen molar-refractivity contribution in [3.8, 4) is 5.75 Å². The molecule has 2 aromatic rings. The molecule has 0 heterocycles. The third-order valence-corrected chi connectivity index (χ3v) is 2.65. The summed E-state index contributed by atoms with van der Waals surface area (Å²) in [6, 6.07) is 12.1. The zero-order valence-corrected chi connectivity index (χ0v) is 10.4. The Morgan fingerprint density at radius 2 is 1.70 bits per heavy atom. The van der Waals surface area contributed by atoms with Crippen molar-refractivity contribution in [3.63, 3.8) is 0 Å². The van der Waals surface area contributed by atoms with Crippen LogP contribution in [-0.4, -0.2) is 16.0 Å². The fraction of sp³-hybridized carbons (Fsp3) is 0.0714. The van der Waals surface area contributed by atoms with Crippen molar-refractivity contribution in [2.45, 2.75) is 6.61 Å². The van der Waals surface area contributed by atoms with E-state index in [9.17, 15) is 14.9 Å².